The second-order valence-electron chi connectivity index (χ2n) is 8.40. The number of pyridine rings is 1. The van der Waals surface area contributed by atoms with Crippen molar-refractivity contribution < 1.29 is 8.78 Å². The third kappa shape index (κ3) is 3.60. The largest absolute Gasteiger partial charge is 0.353 e. The zero-order valence-electron chi connectivity index (χ0n) is 17.6. The second-order valence-corrected chi connectivity index (χ2v) is 8.79. The van der Waals surface area contributed by atoms with Crippen LogP contribution in [0.5, 0.6) is 0 Å². The van der Waals surface area contributed by atoms with E-state index >= 15 is 0 Å². The number of aromatic nitrogens is 5. The highest BCUT2D eigenvalue weighted by Crippen LogP contribution is 2.35. The van der Waals surface area contributed by atoms with Gasteiger partial charge in [-0.3, -0.25) is 0 Å². The van der Waals surface area contributed by atoms with Crippen molar-refractivity contribution in [3.8, 4) is 5.82 Å². The van der Waals surface area contributed by atoms with Crippen LogP contribution < -0.4 is 4.90 Å². The van der Waals surface area contributed by atoms with Gasteiger partial charge in [0.15, 0.2) is 11.6 Å². The zero-order valence-corrected chi connectivity index (χ0v) is 18.4. The SMILES string of the molecule is Cc1cc(-n2nc(N3CCC(C)(N(C)C)C3)c3cnc(Cl)cc32)nc(C(C)(F)F)n1. The maximum absolute atomic E-state index is 13.9. The van der Waals surface area contributed by atoms with Crippen LogP contribution in [0.25, 0.3) is 16.7 Å². The molecule has 1 fully saturated rings. The van der Waals surface area contributed by atoms with Gasteiger partial charge in [0, 0.05) is 49.6 Å². The molecule has 3 aromatic heterocycles. The molecule has 30 heavy (non-hydrogen) atoms. The highest BCUT2D eigenvalue weighted by Gasteiger charge is 2.37. The van der Waals surface area contributed by atoms with E-state index in [9.17, 15) is 8.78 Å². The molecule has 0 radical (unpaired) electrons. The maximum Gasteiger partial charge on any atom is 0.303 e. The average Bonchev–Trinajstić information content (AvgIpc) is 3.22. The van der Waals surface area contributed by atoms with E-state index in [1.807, 2.05) is 0 Å². The molecule has 10 heteroatoms. The highest BCUT2D eigenvalue weighted by atomic mass is 35.5. The Kier molecular flexibility index (Phi) is 4.93. The third-order valence-corrected chi connectivity index (χ3v) is 6.00. The van der Waals surface area contributed by atoms with Gasteiger partial charge in [-0.25, -0.2) is 19.6 Å². The van der Waals surface area contributed by atoms with E-state index < -0.39 is 11.7 Å². The molecule has 0 saturated carbocycles. The predicted octanol–water partition coefficient (Wildman–Crippen LogP) is 3.81. The number of aryl methyl sites for hydroxylation is 1. The van der Waals surface area contributed by atoms with Gasteiger partial charge >= 0.3 is 5.92 Å². The fourth-order valence-electron chi connectivity index (χ4n) is 3.73. The summed E-state index contributed by atoms with van der Waals surface area (Å²) in [5.41, 5.74) is 1.11. The quantitative estimate of drug-likeness (QED) is 0.580. The molecular formula is C20H24ClF2N7. The first-order chi connectivity index (χ1) is 14.0. The van der Waals surface area contributed by atoms with E-state index in [0.717, 1.165) is 37.6 Å². The Bertz CT molecular complexity index is 1110. The maximum atomic E-state index is 13.9. The number of nitrogens with zero attached hydrogens (tertiary/aromatic N) is 7. The first-order valence-corrected chi connectivity index (χ1v) is 10.1. The van der Waals surface area contributed by atoms with Gasteiger partial charge in [-0.1, -0.05) is 11.6 Å². The van der Waals surface area contributed by atoms with E-state index in [1.165, 1.54) is 0 Å². The van der Waals surface area contributed by atoms with Crippen molar-refractivity contribution in [3.63, 3.8) is 0 Å². The summed E-state index contributed by atoms with van der Waals surface area (Å²) in [6.07, 6.45) is 2.65. The van der Waals surface area contributed by atoms with Crippen molar-refractivity contribution in [2.75, 3.05) is 32.1 Å². The molecule has 1 atom stereocenters. The number of hydrogen-bond acceptors (Lipinski definition) is 6. The number of anilines is 1. The fourth-order valence-corrected chi connectivity index (χ4v) is 3.88. The summed E-state index contributed by atoms with van der Waals surface area (Å²) in [5, 5.41) is 5.85. The van der Waals surface area contributed by atoms with Crippen LogP contribution in [0.15, 0.2) is 18.3 Å². The average molecular weight is 436 g/mol. The van der Waals surface area contributed by atoms with Crippen LogP contribution in [0, 0.1) is 6.92 Å². The van der Waals surface area contributed by atoms with Crippen LogP contribution in [-0.4, -0.2) is 62.4 Å². The standard InChI is InChI=1S/C20H24ClF2N7/c1-12-8-16(26-18(25-12)20(3,22)23)30-14-9-15(21)24-10-13(14)17(27-30)29-7-6-19(2,11-29)28(4)5/h8-10H,6-7,11H2,1-5H3. The van der Waals surface area contributed by atoms with Gasteiger partial charge in [0.1, 0.15) is 5.15 Å². The lowest BCUT2D eigenvalue weighted by molar-refractivity contribution is 0.00747. The zero-order chi connectivity index (χ0) is 21.8. The van der Waals surface area contributed by atoms with E-state index in [1.54, 1.807) is 29.9 Å². The van der Waals surface area contributed by atoms with Crippen molar-refractivity contribution in [2.24, 2.45) is 0 Å². The Morgan fingerprint density at radius 2 is 1.97 bits per heavy atom. The monoisotopic (exact) mass is 435 g/mol. The van der Waals surface area contributed by atoms with Crippen molar-refractivity contribution in [2.45, 2.75) is 38.7 Å². The first kappa shape index (κ1) is 20.9. The van der Waals surface area contributed by atoms with Crippen LogP contribution in [0.2, 0.25) is 5.15 Å². The van der Waals surface area contributed by atoms with Crippen LogP contribution in [0.4, 0.5) is 14.6 Å². The lowest BCUT2D eigenvalue weighted by atomic mass is 10.0. The normalized spacial score (nSPS) is 20.0. The number of alkyl halides is 2. The molecule has 0 N–H and O–H groups in total. The lowest BCUT2D eigenvalue weighted by Gasteiger charge is -2.32. The molecule has 0 amide bonds. The van der Waals surface area contributed by atoms with Crippen molar-refractivity contribution in [1.29, 1.82) is 0 Å². The number of hydrogen-bond donors (Lipinski definition) is 0. The van der Waals surface area contributed by atoms with Gasteiger partial charge in [0.25, 0.3) is 0 Å². The summed E-state index contributed by atoms with van der Waals surface area (Å²) in [4.78, 5) is 16.6. The van der Waals surface area contributed by atoms with Crippen LogP contribution in [-0.2, 0) is 5.92 Å². The molecule has 3 aromatic rings. The number of fused-ring (bicyclic) bond motifs is 1. The Morgan fingerprint density at radius 3 is 2.60 bits per heavy atom. The van der Waals surface area contributed by atoms with Gasteiger partial charge in [-0.15, -0.1) is 5.10 Å². The first-order valence-electron chi connectivity index (χ1n) is 9.69. The fraction of sp³-hybridized carbons (Fsp3) is 0.500. The van der Waals surface area contributed by atoms with Gasteiger partial charge in [0.05, 0.1) is 10.9 Å². The summed E-state index contributed by atoms with van der Waals surface area (Å²) in [6, 6.07) is 3.31. The van der Waals surface area contributed by atoms with Gasteiger partial charge < -0.3 is 9.80 Å². The Hall–Kier alpha value is -2.39. The number of likely N-dealkylation sites (N-methyl/N-ethyl adjacent to an activating group) is 1. The van der Waals surface area contributed by atoms with E-state index in [-0.39, 0.29) is 11.4 Å². The van der Waals surface area contributed by atoms with Gasteiger partial charge in [-0.2, -0.15) is 8.78 Å². The Labute approximate surface area is 178 Å². The molecule has 1 saturated heterocycles. The molecule has 0 bridgehead atoms. The Balaban J connectivity index is 1.87. The third-order valence-electron chi connectivity index (χ3n) is 5.79. The predicted molar refractivity (Wildman–Crippen MR) is 113 cm³/mol. The molecule has 4 rings (SSSR count). The minimum atomic E-state index is -3.16. The summed E-state index contributed by atoms with van der Waals surface area (Å²) in [7, 11) is 4.13. The Morgan fingerprint density at radius 1 is 1.23 bits per heavy atom. The van der Waals surface area contributed by atoms with Gasteiger partial charge in [0.2, 0.25) is 5.82 Å². The van der Waals surface area contributed by atoms with Crippen LogP contribution in [0.3, 0.4) is 0 Å². The van der Waals surface area contributed by atoms with Gasteiger partial charge in [-0.05, 0) is 34.4 Å². The molecule has 7 nitrogen and oxygen atoms in total. The van der Waals surface area contributed by atoms with Crippen LogP contribution >= 0.6 is 11.6 Å². The molecule has 1 aliphatic heterocycles. The molecule has 0 aromatic carbocycles. The molecule has 160 valence electrons. The van der Waals surface area contributed by atoms with Crippen LogP contribution in [0.1, 0.15) is 31.8 Å². The molecule has 0 spiro atoms. The molecule has 1 aliphatic rings. The van der Waals surface area contributed by atoms with Crippen molar-refractivity contribution >= 4 is 28.3 Å². The van der Waals surface area contributed by atoms with E-state index in [2.05, 4.69) is 45.8 Å². The minimum Gasteiger partial charge on any atom is -0.353 e. The molecule has 4 heterocycles. The smallest absolute Gasteiger partial charge is 0.303 e. The van der Waals surface area contributed by atoms with E-state index in [0.29, 0.717) is 16.4 Å². The second kappa shape index (κ2) is 7.09. The molecule has 1 unspecified atom stereocenters. The minimum absolute atomic E-state index is 0.0128. The number of halogens is 3. The summed E-state index contributed by atoms with van der Waals surface area (Å²) in [5.74, 6) is -2.69. The van der Waals surface area contributed by atoms with E-state index in [4.69, 9.17) is 16.7 Å². The highest BCUT2D eigenvalue weighted by molar-refractivity contribution is 6.30. The topological polar surface area (TPSA) is 63.0 Å². The van der Waals surface area contributed by atoms with Crippen molar-refractivity contribution in [3.05, 3.63) is 35.0 Å². The summed E-state index contributed by atoms with van der Waals surface area (Å²) >= 11 is 6.14. The summed E-state index contributed by atoms with van der Waals surface area (Å²) < 4.78 is 29.4. The molecule has 0 aliphatic carbocycles. The van der Waals surface area contributed by atoms with Crippen molar-refractivity contribution in [1.82, 2.24) is 29.6 Å². The molecular weight excluding hydrogens is 412 g/mol. The lowest BCUT2D eigenvalue weighted by Crippen LogP contribution is -2.43. The number of rotatable bonds is 4. The summed E-state index contributed by atoms with van der Waals surface area (Å²) in [6.45, 7) is 6.26.